The summed E-state index contributed by atoms with van der Waals surface area (Å²) in [6.45, 7) is 2.10. The molecule has 0 bridgehead atoms. The Kier molecular flexibility index (Phi) is 3.87. The zero-order valence-corrected chi connectivity index (χ0v) is 13.8. The molecule has 0 spiro atoms. The van der Waals surface area contributed by atoms with Crippen LogP contribution in [-0.2, 0) is 6.42 Å². The van der Waals surface area contributed by atoms with Crippen molar-refractivity contribution in [3.63, 3.8) is 0 Å². The summed E-state index contributed by atoms with van der Waals surface area (Å²) in [4.78, 5) is 16.0. The van der Waals surface area contributed by atoms with Gasteiger partial charge >= 0.3 is 0 Å². The maximum absolute atomic E-state index is 12.8. The van der Waals surface area contributed by atoms with Crippen LogP contribution in [0.2, 0.25) is 5.02 Å². The third-order valence-electron chi connectivity index (χ3n) is 3.62. The predicted octanol–water partition coefficient (Wildman–Crippen LogP) is 5.38. The van der Waals surface area contributed by atoms with Crippen LogP contribution in [0.25, 0.3) is 10.9 Å². The number of aryl methyl sites for hydroxylation is 1. The summed E-state index contributed by atoms with van der Waals surface area (Å²) in [5.41, 5.74) is 3.38. The monoisotopic (exact) mass is 361 g/mol. The van der Waals surface area contributed by atoms with E-state index in [2.05, 4.69) is 33.9 Å². The van der Waals surface area contributed by atoms with E-state index in [4.69, 9.17) is 11.6 Å². The van der Waals surface area contributed by atoms with E-state index in [-0.39, 0.29) is 5.78 Å². The zero-order chi connectivity index (χ0) is 15.0. The molecule has 0 atom stereocenters. The lowest BCUT2D eigenvalue weighted by Gasteiger charge is -2.05. The summed E-state index contributed by atoms with van der Waals surface area (Å²) in [5.74, 6) is -0.0687. The Hall–Kier alpha value is -1.58. The molecule has 0 aliphatic carbocycles. The molecule has 0 saturated carbocycles. The summed E-state index contributed by atoms with van der Waals surface area (Å²) >= 11 is 9.60. The molecule has 0 saturated heterocycles. The fourth-order valence-electron chi connectivity index (χ4n) is 2.52. The molecule has 1 N–H and O–H groups in total. The minimum Gasteiger partial charge on any atom is -0.360 e. The number of benzene rings is 2. The number of rotatable bonds is 3. The van der Waals surface area contributed by atoms with Crippen molar-refractivity contribution in [1.29, 1.82) is 0 Å². The second-order valence-electron chi connectivity index (χ2n) is 4.83. The molecule has 3 aromatic rings. The van der Waals surface area contributed by atoms with Gasteiger partial charge in [0.05, 0.1) is 5.02 Å². The normalized spacial score (nSPS) is 11.0. The van der Waals surface area contributed by atoms with Gasteiger partial charge in [0.25, 0.3) is 0 Å². The van der Waals surface area contributed by atoms with Gasteiger partial charge in [0.1, 0.15) is 0 Å². The van der Waals surface area contributed by atoms with Gasteiger partial charge in [0.15, 0.2) is 5.78 Å². The van der Waals surface area contributed by atoms with Crippen molar-refractivity contribution in [2.45, 2.75) is 13.3 Å². The molecule has 0 fully saturated rings. The highest BCUT2D eigenvalue weighted by molar-refractivity contribution is 9.10. The van der Waals surface area contributed by atoms with E-state index in [0.717, 1.165) is 21.8 Å². The van der Waals surface area contributed by atoms with E-state index >= 15 is 0 Å². The minimum atomic E-state index is -0.0687. The molecule has 21 heavy (non-hydrogen) atoms. The van der Waals surface area contributed by atoms with Gasteiger partial charge in [-0.25, -0.2) is 0 Å². The standard InChI is InChI=1S/C17H13BrClNO/c1-2-10-5-3-6-11-13(9-20-16(10)11)17(21)12-7-4-8-14(18)15(12)19/h3-9,20H,2H2,1H3. The number of halogens is 2. The summed E-state index contributed by atoms with van der Waals surface area (Å²) in [6, 6.07) is 11.4. The van der Waals surface area contributed by atoms with E-state index in [0.29, 0.717) is 16.1 Å². The Morgan fingerprint density at radius 1 is 1.19 bits per heavy atom. The number of carbonyl (C=O) groups excluding carboxylic acids is 1. The molecule has 0 radical (unpaired) electrons. The second kappa shape index (κ2) is 5.66. The van der Waals surface area contributed by atoms with Crippen molar-refractivity contribution >= 4 is 44.2 Å². The summed E-state index contributed by atoms with van der Waals surface area (Å²) in [7, 11) is 0. The lowest BCUT2D eigenvalue weighted by molar-refractivity contribution is 0.104. The lowest BCUT2D eigenvalue weighted by atomic mass is 10.0. The van der Waals surface area contributed by atoms with Crippen molar-refractivity contribution in [3.05, 3.63) is 68.8 Å². The molecular formula is C17H13BrClNO. The van der Waals surface area contributed by atoms with Crippen LogP contribution in [0.15, 0.2) is 47.1 Å². The fourth-order valence-corrected chi connectivity index (χ4v) is 3.10. The van der Waals surface area contributed by atoms with Gasteiger partial charge in [-0.05, 0) is 40.0 Å². The summed E-state index contributed by atoms with van der Waals surface area (Å²) in [5, 5.41) is 1.39. The average Bonchev–Trinajstić information content (AvgIpc) is 2.93. The summed E-state index contributed by atoms with van der Waals surface area (Å²) < 4.78 is 0.726. The van der Waals surface area contributed by atoms with Crippen LogP contribution in [0.3, 0.4) is 0 Å². The maximum Gasteiger partial charge on any atom is 0.196 e. The molecule has 0 amide bonds. The van der Waals surface area contributed by atoms with E-state index in [1.165, 1.54) is 5.56 Å². The van der Waals surface area contributed by atoms with Gasteiger partial charge in [-0.3, -0.25) is 4.79 Å². The topological polar surface area (TPSA) is 32.9 Å². The van der Waals surface area contributed by atoms with Crippen LogP contribution in [0.5, 0.6) is 0 Å². The molecule has 0 aliphatic heterocycles. The molecule has 1 aromatic heterocycles. The third-order valence-corrected chi connectivity index (χ3v) is 4.92. The molecule has 4 heteroatoms. The largest absolute Gasteiger partial charge is 0.360 e. The Morgan fingerprint density at radius 3 is 2.71 bits per heavy atom. The first kappa shape index (κ1) is 14.4. The molecule has 2 nitrogen and oxygen atoms in total. The minimum absolute atomic E-state index is 0.0687. The number of aromatic amines is 1. The first-order valence-electron chi connectivity index (χ1n) is 6.71. The quantitative estimate of drug-likeness (QED) is 0.624. The van der Waals surface area contributed by atoms with E-state index in [1.54, 1.807) is 12.3 Å². The van der Waals surface area contributed by atoms with Gasteiger partial charge < -0.3 is 4.98 Å². The van der Waals surface area contributed by atoms with Crippen LogP contribution >= 0.6 is 27.5 Å². The van der Waals surface area contributed by atoms with Crippen molar-refractivity contribution < 1.29 is 4.79 Å². The number of fused-ring (bicyclic) bond motifs is 1. The van der Waals surface area contributed by atoms with E-state index in [1.807, 2.05) is 24.3 Å². The van der Waals surface area contributed by atoms with Gasteiger partial charge in [-0.1, -0.05) is 42.8 Å². The molecule has 2 aromatic carbocycles. The predicted molar refractivity (Wildman–Crippen MR) is 90.3 cm³/mol. The van der Waals surface area contributed by atoms with Crippen molar-refractivity contribution in [2.75, 3.05) is 0 Å². The summed E-state index contributed by atoms with van der Waals surface area (Å²) in [6.07, 6.45) is 2.69. The average molecular weight is 363 g/mol. The molecular weight excluding hydrogens is 350 g/mol. The van der Waals surface area contributed by atoms with Gasteiger partial charge in [0.2, 0.25) is 0 Å². The first-order valence-corrected chi connectivity index (χ1v) is 7.88. The van der Waals surface area contributed by atoms with Crippen LogP contribution < -0.4 is 0 Å². The number of nitrogens with one attached hydrogen (secondary N) is 1. The third kappa shape index (κ3) is 2.41. The smallest absolute Gasteiger partial charge is 0.196 e. The SMILES string of the molecule is CCc1cccc2c(C(=O)c3cccc(Br)c3Cl)c[nH]c12. The van der Waals surface area contributed by atoms with Crippen molar-refractivity contribution in [2.24, 2.45) is 0 Å². The second-order valence-corrected chi connectivity index (χ2v) is 6.06. The highest BCUT2D eigenvalue weighted by Gasteiger charge is 2.18. The molecule has 1 heterocycles. The number of aromatic nitrogens is 1. The molecule has 3 rings (SSSR count). The molecule has 106 valence electrons. The van der Waals surface area contributed by atoms with Gasteiger partial charge in [0, 0.05) is 32.7 Å². The maximum atomic E-state index is 12.8. The Bertz CT molecular complexity index is 838. The van der Waals surface area contributed by atoms with Crippen LogP contribution in [0, 0.1) is 0 Å². The number of para-hydroxylation sites is 1. The highest BCUT2D eigenvalue weighted by atomic mass is 79.9. The number of hydrogen-bond donors (Lipinski definition) is 1. The number of H-pyrrole nitrogens is 1. The Morgan fingerprint density at radius 2 is 1.95 bits per heavy atom. The number of hydrogen-bond acceptors (Lipinski definition) is 1. The van der Waals surface area contributed by atoms with Crippen LogP contribution in [-0.4, -0.2) is 10.8 Å². The van der Waals surface area contributed by atoms with Gasteiger partial charge in [-0.2, -0.15) is 0 Å². The fraction of sp³-hybridized carbons (Fsp3) is 0.118. The zero-order valence-electron chi connectivity index (χ0n) is 11.4. The van der Waals surface area contributed by atoms with Gasteiger partial charge in [-0.15, -0.1) is 0 Å². The van der Waals surface area contributed by atoms with Crippen molar-refractivity contribution in [1.82, 2.24) is 4.98 Å². The van der Waals surface area contributed by atoms with E-state index < -0.39 is 0 Å². The Labute approximate surface area is 136 Å². The van der Waals surface area contributed by atoms with E-state index in [9.17, 15) is 4.79 Å². The molecule has 0 unspecified atom stereocenters. The Balaban J connectivity index is 2.17. The highest BCUT2D eigenvalue weighted by Crippen LogP contribution is 2.30. The van der Waals surface area contributed by atoms with Crippen molar-refractivity contribution in [3.8, 4) is 0 Å². The van der Waals surface area contributed by atoms with Crippen LogP contribution in [0.1, 0.15) is 28.4 Å². The number of carbonyl (C=O) groups is 1. The first-order chi connectivity index (χ1) is 10.1. The molecule has 0 aliphatic rings. The number of ketones is 1. The van der Waals surface area contributed by atoms with Crippen LogP contribution in [0.4, 0.5) is 0 Å². The lowest BCUT2D eigenvalue weighted by Crippen LogP contribution is -2.01.